The molecule has 2 aromatic rings. The molecule has 1 N–H and O–H groups in total. The van der Waals surface area contributed by atoms with Crippen LogP contribution in [-0.4, -0.2) is 17.4 Å². The number of carbonyl (C=O) groups excluding carboxylic acids is 1. The third-order valence-corrected chi connectivity index (χ3v) is 3.39. The van der Waals surface area contributed by atoms with E-state index in [1.54, 1.807) is 24.4 Å². The molecule has 1 aromatic heterocycles. The summed E-state index contributed by atoms with van der Waals surface area (Å²) in [7, 11) is 0. The molecule has 19 heavy (non-hydrogen) atoms. The average molecular weight is 340 g/mol. The van der Waals surface area contributed by atoms with E-state index >= 15 is 0 Å². The number of rotatable bonds is 4. The van der Waals surface area contributed by atoms with Gasteiger partial charge in [0.05, 0.1) is 10.6 Å². The van der Waals surface area contributed by atoms with Crippen LogP contribution in [0.3, 0.4) is 0 Å². The molecular formula is C14H12BrClN2O. The molecule has 0 spiro atoms. The first kappa shape index (κ1) is 14.0. The number of halogens is 2. The van der Waals surface area contributed by atoms with Crippen molar-refractivity contribution >= 4 is 33.4 Å². The highest BCUT2D eigenvalue weighted by Crippen LogP contribution is 2.20. The van der Waals surface area contributed by atoms with Crippen molar-refractivity contribution in [2.24, 2.45) is 0 Å². The number of hydrogen-bond acceptors (Lipinski definition) is 2. The highest BCUT2D eigenvalue weighted by atomic mass is 79.9. The summed E-state index contributed by atoms with van der Waals surface area (Å²) in [5.74, 6) is -0.178. The lowest BCUT2D eigenvalue weighted by Crippen LogP contribution is -2.26. The van der Waals surface area contributed by atoms with E-state index in [9.17, 15) is 4.79 Å². The Morgan fingerprint density at radius 1 is 1.32 bits per heavy atom. The van der Waals surface area contributed by atoms with Crippen molar-refractivity contribution in [1.29, 1.82) is 0 Å². The van der Waals surface area contributed by atoms with Crippen LogP contribution in [0.4, 0.5) is 0 Å². The van der Waals surface area contributed by atoms with Gasteiger partial charge in [-0.05, 0) is 30.3 Å². The molecular weight excluding hydrogens is 328 g/mol. The maximum atomic E-state index is 12.0. The molecule has 5 heteroatoms. The van der Waals surface area contributed by atoms with Gasteiger partial charge in [-0.3, -0.25) is 9.78 Å². The summed E-state index contributed by atoms with van der Waals surface area (Å²) in [5.41, 5.74) is 1.42. The summed E-state index contributed by atoms with van der Waals surface area (Å²) >= 11 is 9.31. The largest absolute Gasteiger partial charge is 0.352 e. The second-order valence-electron chi connectivity index (χ2n) is 3.95. The van der Waals surface area contributed by atoms with E-state index in [0.29, 0.717) is 23.6 Å². The molecule has 98 valence electrons. The smallest absolute Gasteiger partial charge is 0.252 e. The number of nitrogens with one attached hydrogen (secondary N) is 1. The molecule has 1 aromatic carbocycles. The summed E-state index contributed by atoms with van der Waals surface area (Å²) in [6.07, 6.45) is 2.43. The number of pyridine rings is 1. The molecule has 0 radical (unpaired) electrons. The second kappa shape index (κ2) is 6.68. The maximum absolute atomic E-state index is 12.0. The van der Waals surface area contributed by atoms with E-state index in [2.05, 4.69) is 26.2 Å². The average Bonchev–Trinajstić information content (AvgIpc) is 2.42. The van der Waals surface area contributed by atoms with E-state index in [1.807, 2.05) is 18.2 Å². The number of benzene rings is 1. The Kier molecular flexibility index (Phi) is 4.93. The topological polar surface area (TPSA) is 42.0 Å². The molecule has 0 atom stereocenters. The number of aromatic nitrogens is 1. The Labute approximate surface area is 125 Å². The Balaban J connectivity index is 1.93. The van der Waals surface area contributed by atoms with Crippen LogP contribution in [0.25, 0.3) is 0 Å². The van der Waals surface area contributed by atoms with Gasteiger partial charge >= 0.3 is 0 Å². The van der Waals surface area contributed by atoms with Gasteiger partial charge in [0.2, 0.25) is 0 Å². The van der Waals surface area contributed by atoms with Crippen LogP contribution in [0.2, 0.25) is 5.02 Å². The first-order valence-corrected chi connectivity index (χ1v) is 6.97. The van der Waals surface area contributed by atoms with Crippen LogP contribution in [0.5, 0.6) is 0 Å². The summed E-state index contributed by atoms with van der Waals surface area (Å²) in [4.78, 5) is 16.2. The van der Waals surface area contributed by atoms with Gasteiger partial charge in [-0.2, -0.15) is 0 Å². The minimum absolute atomic E-state index is 0.178. The van der Waals surface area contributed by atoms with Gasteiger partial charge in [0, 0.05) is 29.3 Å². The van der Waals surface area contributed by atoms with Gasteiger partial charge in [-0.15, -0.1) is 0 Å². The minimum atomic E-state index is -0.178. The summed E-state index contributed by atoms with van der Waals surface area (Å²) in [6, 6.07) is 10.9. The Morgan fingerprint density at radius 2 is 2.16 bits per heavy atom. The monoisotopic (exact) mass is 338 g/mol. The predicted octanol–water partition coefficient (Wildman–Crippen LogP) is 3.47. The zero-order valence-electron chi connectivity index (χ0n) is 10.1. The van der Waals surface area contributed by atoms with Crippen LogP contribution in [-0.2, 0) is 6.42 Å². The van der Waals surface area contributed by atoms with E-state index in [0.717, 1.165) is 10.2 Å². The first-order valence-electron chi connectivity index (χ1n) is 5.80. The first-order chi connectivity index (χ1) is 9.16. The minimum Gasteiger partial charge on any atom is -0.352 e. The molecule has 0 fully saturated rings. The fourth-order valence-corrected chi connectivity index (χ4v) is 2.18. The lowest BCUT2D eigenvalue weighted by atomic mass is 10.2. The van der Waals surface area contributed by atoms with E-state index in [1.165, 1.54) is 0 Å². The molecule has 0 unspecified atom stereocenters. The Morgan fingerprint density at radius 3 is 2.89 bits per heavy atom. The van der Waals surface area contributed by atoms with Gasteiger partial charge < -0.3 is 5.32 Å². The molecule has 1 heterocycles. The maximum Gasteiger partial charge on any atom is 0.252 e. The van der Waals surface area contributed by atoms with Crippen molar-refractivity contribution < 1.29 is 4.79 Å². The number of amides is 1. The van der Waals surface area contributed by atoms with Crippen molar-refractivity contribution in [1.82, 2.24) is 10.3 Å². The number of hydrogen-bond donors (Lipinski definition) is 1. The molecule has 1 amide bonds. The SMILES string of the molecule is O=C(NCCc1ccccn1)c1cc(Br)ccc1Cl. The van der Waals surface area contributed by atoms with Crippen LogP contribution < -0.4 is 5.32 Å². The predicted molar refractivity (Wildman–Crippen MR) is 79.4 cm³/mol. The second-order valence-corrected chi connectivity index (χ2v) is 5.27. The lowest BCUT2D eigenvalue weighted by Gasteiger charge is -2.07. The molecule has 0 bridgehead atoms. The van der Waals surface area contributed by atoms with Crippen LogP contribution in [0.1, 0.15) is 16.1 Å². The highest BCUT2D eigenvalue weighted by molar-refractivity contribution is 9.10. The van der Waals surface area contributed by atoms with Crippen LogP contribution >= 0.6 is 27.5 Å². The van der Waals surface area contributed by atoms with Gasteiger partial charge in [0.1, 0.15) is 0 Å². The molecule has 0 saturated carbocycles. The Bertz CT molecular complexity index is 575. The van der Waals surface area contributed by atoms with Crippen molar-refractivity contribution in [3.63, 3.8) is 0 Å². The third-order valence-electron chi connectivity index (χ3n) is 2.57. The van der Waals surface area contributed by atoms with E-state index < -0.39 is 0 Å². The fraction of sp³-hybridized carbons (Fsp3) is 0.143. The molecule has 0 aliphatic heterocycles. The molecule has 0 aliphatic carbocycles. The summed E-state index contributed by atoms with van der Waals surface area (Å²) in [5, 5.41) is 3.27. The zero-order valence-corrected chi connectivity index (χ0v) is 12.4. The van der Waals surface area contributed by atoms with Crippen molar-refractivity contribution in [2.75, 3.05) is 6.54 Å². The summed E-state index contributed by atoms with van der Waals surface area (Å²) in [6.45, 7) is 0.526. The quantitative estimate of drug-likeness (QED) is 0.927. The van der Waals surface area contributed by atoms with Crippen LogP contribution in [0.15, 0.2) is 47.1 Å². The van der Waals surface area contributed by atoms with Gasteiger partial charge in [-0.25, -0.2) is 0 Å². The van der Waals surface area contributed by atoms with Gasteiger partial charge in [0.15, 0.2) is 0 Å². The molecule has 2 rings (SSSR count). The van der Waals surface area contributed by atoms with Gasteiger partial charge in [0.25, 0.3) is 5.91 Å². The van der Waals surface area contributed by atoms with Crippen molar-refractivity contribution in [2.45, 2.75) is 6.42 Å². The van der Waals surface area contributed by atoms with Crippen molar-refractivity contribution in [3.8, 4) is 0 Å². The third kappa shape index (κ3) is 4.04. The molecule has 3 nitrogen and oxygen atoms in total. The van der Waals surface area contributed by atoms with E-state index in [4.69, 9.17) is 11.6 Å². The van der Waals surface area contributed by atoms with E-state index in [-0.39, 0.29) is 5.91 Å². The Hall–Kier alpha value is -1.39. The van der Waals surface area contributed by atoms with Crippen LogP contribution in [0, 0.1) is 0 Å². The van der Waals surface area contributed by atoms with Gasteiger partial charge in [-0.1, -0.05) is 33.6 Å². The summed E-state index contributed by atoms with van der Waals surface area (Å²) < 4.78 is 0.826. The zero-order chi connectivity index (χ0) is 13.7. The fourth-order valence-electron chi connectivity index (χ4n) is 1.62. The molecule has 0 saturated heterocycles. The lowest BCUT2D eigenvalue weighted by molar-refractivity contribution is 0.0954. The number of carbonyl (C=O) groups is 1. The highest BCUT2D eigenvalue weighted by Gasteiger charge is 2.10. The standard InChI is InChI=1S/C14H12BrClN2O/c15-10-4-5-13(16)12(9-10)14(19)18-8-6-11-3-1-2-7-17-11/h1-5,7,9H,6,8H2,(H,18,19). The van der Waals surface area contributed by atoms with Crippen molar-refractivity contribution in [3.05, 3.63) is 63.3 Å². The molecule has 0 aliphatic rings. The number of nitrogens with zero attached hydrogens (tertiary/aromatic N) is 1. The normalized spacial score (nSPS) is 10.2.